The number of aromatic nitrogens is 1. The van der Waals surface area contributed by atoms with Gasteiger partial charge >= 0.3 is 0 Å². The Balaban J connectivity index is 1.45. The SMILES string of the molecule is NCCC(=O)NC(=O)CN1CCC(Cc2ccccc2)C(c2cn(Cc3ccccc3Cl)c3ccccc23)C1. The molecule has 4 aromatic rings. The highest BCUT2D eigenvalue weighted by molar-refractivity contribution is 6.31. The van der Waals surface area contributed by atoms with Gasteiger partial charge in [-0.2, -0.15) is 0 Å². The third-order valence-electron chi connectivity index (χ3n) is 7.72. The first kappa shape index (κ1) is 27.1. The van der Waals surface area contributed by atoms with E-state index in [1.807, 2.05) is 18.2 Å². The maximum absolute atomic E-state index is 12.6. The average Bonchev–Trinajstić information content (AvgIpc) is 3.29. The van der Waals surface area contributed by atoms with Gasteiger partial charge in [-0.25, -0.2) is 0 Å². The summed E-state index contributed by atoms with van der Waals surface area (Å²) in [4.78, 5) is 26.7. The molecular weight excluding hydrogens is 508 g/mol. The molecule has 2 unspecified atom stereocenters. The van der Waals surface area contributed by atoms with Crippen LogP contribution >= 0.6 is 11.6 Å². The van der Waals surface area contributed by atoms with Gasteiger partial charge in [0.15, 0.2) is 0 Å². The molecule has 0 radical (unpaired) electrons. The van der Waals surface area contributed by atoms with Crippen molar-refractivity contribution in [3.63, 3.8) is 0 Å². The molecule has 3 N–H and O–H groups in total. The van der Waals surface area contributed by atoms with E-state index in [0.717, 1.165) is 36.5 Å². The summed E-state index contributed by atoms with van der Waals surface area (Å²) in [6.45, 7) is 2.67. The van der Waals surface area contributed by atoms with Crippen molar-refractivity contribution in [2.75, 3.05) is 26.2 Å². The molecule has 6 nitrogen and oxygen atoms in total. The molecule has 0 spiro atoms. The van der Waals surface area contributed by atoms with E-state index in [0.29, 0.717) is 12.5 Å². The first-order valence-corrected chi connectivity index (χ1v) is 14.0. The van der Waals surface area contributed by atoms with E-state index in [2.05, 4.69) is 81.6 Å². The third-order valence-corrected chi connectivity index (χ3v) is 8.08. The summed E-state index contributed by atoms with van der Waals surface area (Å²) in [6, 6.07) is 27.1. The van der Waals surface area contributed by atoms with Crippen LogP contribution in [0.1, 0.15) is 35.4 Å². The van der Waals surface area contributed by atoms with E-state index in [4.69, 9.17) is 17.3 Å². The van der Waals surface area contributed by atoms with Crippen LogP contribution < -0.4 is 11.1 Å². The Morgan fingerprint density at radius 1 is 0.949 bits per heavy atom. The molecule has 1 saturated heterocycles. The lowest BCUT2D eigenvalue weighted by Gasteiger charge is -2.38. The van der Waals surface area contributed by atoms with Crippen LogP contribution in [0.3, 0.4) is 0 Å². The van der Waals surface area contributed by atoms with Crippen LogP contribution in [-0.2, 0) is 22.6 Å². The summed E-state index contributed by atoms with van der Waals surface area (Å²) in [5.74, 6) is 0.0598. The summed E-state index contributed by atoms with van der Waals surface area (Å²) in [5.41, 5.74) is 10.3. The van der Waals surface area contributed by atoms with Gasteiger partial charge in [-0.3, -0.25) is 19.8 Å². The fourth-order valence-electron chi connectivity index (χ4n) is 5.83. The molecule has 5 rings (SSSR count). The Bertz CT molecular complexity index is 1430. The molecule has 1 aromatic heterocycles. The van der Waals surface area contributed by atoms with Crippen molar-refractivity contribution >= 4 is 34.3 Å². The smallest absolute Gasteiger partial charge is 0.240 e. The Kier molecular flexibility index (Phi) is 8.77. The van der Waals surface area contributed by atoms with Gasteiger partial charge in [-0.05, 0) is 54.1 Å². The molecule has 2 heterocycles. The summed E-state index contributed by atoms with van der Waals surface area (Å²) < 4.78 is 2.29. The minimum Gasteiger partial charge on any atom is -0.343 e. The number of carbonyl (C=O) groups is 2. The maximum Gasteiger partial charge on any atom is 0.240 e. The van der Waals surface area contributed by atoms with Crippen LogP contribution in [0.4, 0.5) is 0 Å². The number of likely N-dealkylation sites (tertiary alicyclic amines) is 1. The number of benzene rings is 3. The largest absolute Gasteiger partial charge is 0.343 e. The fraction of sp³-hybridized carbons (Fsp3) is 0.312. The molecule has 0 saturated carbocycles. The number of rotatable bonds is 9. The second-order valence-electron chi connectivity index (χ2n) is 10.4. The third kappa shape index (κ3) is 6.59. The number of hydrogen-bond donors (Lipinski definition) is 2. The van der Waals surface area contributed by atoms with Gasteiger partial charge in [-0.1, -0.05) is 78.3 Å². The quantitative estimate of drug-likeness (QED) is 0.312. The zero-order valence-electron chi connectivity index (χ0n) is 22.1. The Hall–Kier alpha value is -3.45. The Morgan fingerprint density at radius 2 is 1.69 bits per heavy atom. The zero-order valence-corrected chi connectivity index (χ0v) is 22.8. The molecule has 202 valence electrons. The van der Waals surface area contributed by atoms with Crippen molar-refractivity contribution in [3.8, 4) is 0 Å². The first-order valence-electron chi connectivity index (χ1n) is 13.6. The molecule has 1 fully saturated rings. The summed E-state index contributed by atoms with van der Waals surface area (Å²) >= 11 is 6.53. The van der Waals surface area contributed by atoms with Crippen LogP contribution in [0.15, 0.2) is 85.1 Å². The maximum atomic E-state index is 12.6. The number of carbonyl (C=O) groups excluding carboxylic acids is 2. The van der Waals surface area contributed by atoms with Gasteiger partial charge in [0.25, 0.3) is 0 Å². The van der Waals surface area contributed by atoms with E-state index >= 15 is 0 Å². The normalized spacial score (nSPS) is 17.8. The lowest BCUT2D eigenvalue weighted by atomic mass is 9.77. The molecule has 0 aliphatic carbocycles. The minimum atomic E-state index is -0.319. The highest BCUT2D eigenvalue weighted by Gasteiger charge is 2.33. The van der Waals surface area contributed by atoms with Crippen LogP contribution in [0, 0.1) is 5.92 Å². The van der Waals surface area contributed by atoms with E-state index in [-0.39, 0.29) is 37.2 Å². The molecule has 1 aliphatic heterocycles. The number of piperidine rings is 1. The molecule has 3 aromatic carbocycles. The number of para-hydroxylation sites is 1. The number of imide groups is 1. The predicted octanol–water partition coefficient (Wildman–Crippen LogP) is 4.98. The predicted molar refractivity (Wildman–Crippen MR) is 157 cm³/mol. The first-order chi connectivity index (χ1) is 19.0. The standard InChI is InChI=1S/C32H35ClN4O2/c33-29-12-6-4-10-25(29)19-37-21-28(26-11-5-7-13-30(26)37)27-20-36(22-32(39)35-31(38)14-16-34)17-15-24(27)18-23-8-2-1-3-9-23/h1-13,21,24,27H,14-20,22,34H2,(H,35,38,39). The molecule has 2 atom stereocenters. The number of halogens is 1. The minimum absolute atomic E-state index is 0.151. The van der Waals surface area contributed by atoms with Crippen LogP contribution in [0.25, 0.3) is 10.9 Å². The second kappa shape index (κ2) is 12.6. The van der Waals surface area contributed by atoms with Crippen molar-refractivity contribution in [3.05, 3.63) is 107 Å². The number of nitrogens with zero attached hydrogens (tertiary/aromatic N) is 2. The van der Waals surface area contributed by atoms with Gasteiger partial charge in [0.1, 0.15) is 0 Å². The van der Waals surface area contributed by atoms with Gasteiger partial charge in [-0.15, -0.1) is 0 Å². The molecule has 1 aliphatic rings. The van der Waals surface area contributed by atoms with Gasteiger partial charge in [0.05, 0.1) is 6.54 Å². The topological polar surface area (TPSA) is 80.4 Å². The molecule has 7 heteroatoms. The van der Waals surface area contributed by atoms with Crippen molar-refractivity contribution in [1.29, 1.82) is 0 Å². The highest BCUT2D eigenvalue weighted by Crippen LogP contribution is 2.39. The monoisotopic (exact) mass is 542 g/mol. The summed E-state index contributed by atoms with van der Waals surface area (Å²) in [6.07, 6.45) is 4.38. The fourth-order valence-corrected chi connectivity index (χ4v) is 6.02. The number of amides is 2. The van der Waals surface area contributed by atoms with Crippen molar-refractivity contribution in [2.24, 2.45) is 11.7 Å². The Morgan fingerprint density at radius 3 is 2.49 bits per heavy atom. The Labute approximate surface area is 234 Å². The summed E-state index contributed by atoms with van der Waals surface area (Å²) in [7, 11) is 0. The molecular formula is C32H35ClN4O2. The van der Waals surface area contributed by atoms with Crippen LogP contribution in [0.2, 0.25) is 5.02 Å². The summed E-state index contributed by atoms with van der Waals surface area (Å²) in [5, 5.41) is 4.48. The average molecular weight is 543 g/mol. The molecule has 39 heavy (non-hydrogen) atoms. The van der Waals surface area contributed by atoms with E-state index in [1.54, 1.807) is 0 Å². The van der Waals surface area contributed by atoms with Crippen LogP contribution in [-0.4, -0.2) is 47.5 Å². The molecule has 2 amide bonds. The van der Waals surface area contributed by atoms with Gasteiger partial charge < -0.3 is 10.3 Å². The van der Waals surface area contributed by atoms with Crippen molar-refractivity contribution in [2.45, 2.75) is 31.7 Å². The van der Waals surface area contributed by atoms with Gasteiger partial charge in [0, 0.05) is 54.1 Å². The zero-order chi connectivity index (χ0) is 27.2. The van der Waals surface area contributed by atoms with Crippen molar-refractivity contribution in [1.82, 2.24) is 14.8 Å². The van der Waals surface area contributed by atoms with E-state index < -0.39 is 0 Å². The van der Waals surface area contributed by atoms with E-state index in [9.17, 15) is 9.59 Å². The lowest BCUT2D eigenvalue weighted by molar-refractivity contribution is -0.131. The van der Waals surface area contributed by atoms with Crippen LogP contribution in [0.5, 0.6) is 0 Å². The van der Waals surface area contributed by atoms with Gasteiger partial charge in [0.2, 0.25) is 11.8 Å². The number of hydrogen-bond acceptors (Lipinski definition) is 4. The second-order valence-corrected chi connectivity index (χ2v) is 10.8. The number of nitrogens with two attached hydrogens (primary N) is 1. The van der Waals surface area contributed by atoms with E-state index in [1.165, 1.54) is 22.0 Å². The highest BCUT2D eigenvalue weighted by atomic mass is 35.5. The number of nitrogens with one attached hydrogen (secondary N) is 1. The number of fused-ring (bicyclic) bond motifs is 1. The van der Waals surface area contributed by atoms with Crippen molar-refractivity contribution < 1.29 is 9.59 Å². The molecule has 0 bridgehead atoms. The lowest BCUT2D eigenvalue weighted by Crippen LogP contribution is -2.46.